The number of hydrogen-bond donors (Lipinski definition) is 1. The van der Waals surface area contributed by atoms with Crippen LogP contribution < -0.4 is 10.6 Å². The number of nitrogens with two attached hydrogens (primary N) is 1. The molecule has 1 atom stereocenters. The van der Waals surface area contributed by atoms with Crippen LogP contribution in [0, 0.1) is 23.2 Å². The number of halogens is 1. The van der Waals surface area contributed by atoms with E-state index < -0.39 is 0 Å². The molecule has 5 nitrogen and oxygen atoms in total. The second-order valence-corrected chi connectivity index (χ2v) is 6.77. The number of benzene rings is 1. The predicted octanol–water partition coefficient (Wildman–Crippen LogP) is 2.51. The van der Waals surface area contributed by atoms with E-state index in [-0.39, 0.29) is 17.7 Å². The van der Waals surface area contributed by atoms with Gasteiger partial charge in [0.15, 0.2) is 0 Å². The third-order valence-corrected chi connectivity index (χ3v) is 5.22. The molecule has 2 aliphatic heterocycles. The van der Waals surface area contributed by atoms with Crippen molar-refractivity contribution in [2.45, 2.75) is 19.3 Å². The quantitative estimate of drug-likeness (QED) is 0.844. The lowest BCUT2D eigenvalue weighted by Gasteiger charge is -2.34. The van der Waals surface area contributed by atoms with Gasteiger partial charge in [-0.2, -0.15) is 5.26 Å². The Balaban J connectivity index is 1.57. The average molecular weight is 333 g/mol. The summed E-state index contributed by atoms with van der Waals surface area (Å²) in [7, 11) is 0. The number of nitrogens with zero attached hydrogens (tertiary/aromatic N) is 3. The van der Waals surface area contributed by atoms with Gasteiger partial charge in [0.25, 0.3) is 0 Å². The van der Waals surface area contributed by atoms with Crippen LogP contribution in [0.1, 0.15) is 19.3 Å². The van der Waals surface area contributed by atoms with Crippen LogP contribution in [0.15, 0.2) is 18.2 Å². The zero-order valence-electron chi connectivity index (χ0n) is 13.0. The number of piperidine rings is 1. The Morgan fingerprint density at radius 1 is 1.26 bits per heavy atom. The molecule has 2 aliphatic rings. The summed E-state index contributed by atoms with van der Waals surface area (Å²) in [5, 5.41) is 9.53. The number of amides is 1. The average Bonchev–Trinajstić information content (AvgIpc) is 3.06. The summed E-state index contributed by atoms with van der Waals surface area (Å²) in [6.07, 6.45) is 2.50. The lowest BCUT2D eigenvalue weighted by molar-refractivity contribution is -0.135. The maximum Gasteiger partial charge on any atom is 0.225 e. The molecule has 0 bridgehead atoms. The van der Waals surface area contributed by atoms with Crippen molar-refractivity contribution in [2.24, 2.45) is 11.8 Å². The molecule has 0 aliphatic carbocycles. The molecule has 2 N–H and O–H groups in total. The number of carbonyl (C=O) groups excluding carboxylic acids is 1. The Hall–Kier alpha value is -1.93. The smallest absolute Gasteiger partial charge is 0.225 e. The molecular formula is C17H21ClN4O. The zero-order chi connectivity index (χ0) is 16.4. The third-order valence-electron chi connectivity index (χ3n) is 4.87. The van der Waals surface area contributed by atoms with Crippen LogP contribution in [-0.4, -0.2) is 37.0 Å². The van der Waals surface area contributed by atoms with E-state index in [2.05, 4.69) is 11.0 Å². The lowest BCUT2D eigenvalue weighted by Crippen LogP contribution is -2.42. The van der Waals surface area contributed by atoms with Crippen molar-refractivity contribution < 1.29 is 4.79 Å². The molecule has 1 unspecified atom stereocenters. The van der Waals surface area contributed by atoms with Crippen molar-refractivity contribution in [2.75, 3.05) is 36.8 Å². The Kier molecular flexibility index (Phi) is 4.63. The Bertz CT molecular complexity index is 634. The number of nitrogen functional groups attached to an aromatic ring is 1. The Morgan fingerprint density at radius 3 is 2.61 bits per heavy atom. The number of hydrogen-bond acceptors (Lipinski definition) is 4. The molecule has 2 fully saturated rings. The second-order valence-electron chi connectivity index (χ2n) is 6.37. The Morgan fingerprint density at radius 2 is 2.00 bits per heavy atom. The maximum atomic E-state index is 12.6. The van der Waals surface area contributed by atoms with Gasteiger partial charge in [-0.3, -0.25) is 4.79 Å². The SMILES string of the molecule is N#CC1CCN(C(=O)C2CCN(c3ccc(Cl)c(N)c3)CC2)C1. The fourth-order valence-electron chi connectivity index (χ4n) is 3.44. The molecule has 1 aromatic carbocycles. The van der Waals surface area contributed by atoms with E-state index >= 15 is 0 Å². The van der Waals surface area contributed by atoms with Gasteiger partial charge in [0.1, 0.15) is 0 Å². The van der Waals surface area contributed by atoms with Crippen molar-refractivity contribution in [1.82, 2.24) is 4.90 Å². The summed E-state index contributed by atoms with van der Waals surface area (Å²) in [4.78, 5) is 16.7. The highest BCUT2D eigenvalue weighted by molar-refractivity contribution is 6.33. The first-order valence-electron chi connectivity index (χ1n) is 8.07. The van der Waals surface area contributed by atoms with Crippen molar-refractivity contribution in [3.05, 3.63) is 23.2 Å². The monoisotopic (exact) mass is 332 g/mol. The van der Waals surface area contributed by atoms with Crippen LogP contribution >= 0.6 is 11.6 Å². The molecule has 23 heavy (non-hydrogen) atoms. The van der Waals surface area contributed by atoms with E-state index in [0.717, 1.165) is 44.6 Å². The second kappa shape index (κ2) is 6.67. The number of rotatable bonds is 2. The van der Waals surface area contributed by atoms with Crippen molar-refractivity contribution >= 4 is 28.9 Å². The molecule has 6 heteroatoms. The minimum Gasteiger partial charge on any atom is -0.397 e. The molecule has 0 spiro atoms. The standard InChI is InChI=1S/C17H21ClN4O/c18-15-2-1-14(9-16(15)20)21-7-4-13(5-8-21)17(23)22-6-3-12(10-19)11-22/h1-2,9,12-13H,3-8,11,20H2. The van der Waals surface area contributed by atoms with E-state index in [1.807, 2.05) is 23.1 Å². The van der Waals surface area contributed by atoms with Crippen molar-refractivity contribution in [3.63, 3.8) is 0 Å². The normalized spacial score (nSPS) is 22.2. The largest absolute Gasteiger partial charge is 0.397 e. The van der Waals surface area contributed by atoms with Gasteiger partial charge in [-0.1, -0.05) is 11.6 Å². The van der Waals surface area contributed by atoms with Gasteiger partial charge < -0.3 is 15.5 Å². The zero-order valence-corrected chi connectivity index (χ0v) is 13.8. The van der Waals surface area contributed by atoms with Crippen LogP contribution in [0.4, 0.5) is 11.4 Å². The molecule has 0 radical (unpaired) electrons. The number of anilines is 2. The molecule has 1 amide bonds. The van der Waals surface area contributed by atoms with E-state index in [0.29, 0.717) is 17.3 Å². The molecule has 2 saturated heterocycles. The highest BCUT2D eigenvalue weighted by atomic mass is 35.5. The summed E-state index contributed by atoms with van der Waals surface area (Å²) in [5.74, 6) is 0.308. The highest BCUT2D eigenvalue weighted by Crippen LogP contribution is 2.29. The first kappa shape index (κ1) is 15.9. The highest BCUT2D eigenvalue weighted by Gasteiger charge is 2.32. The topological polar surface area (TPSA) is 73.4 Å². The summed E-state index contributed by atoms with van der Waals surface area (Å²) < 4.78 is 0. The number of nitriles is 1. The minimum absolute atomic E-state index is 0.0103. The Labute approximate surface area is 141 Å². The minimum atomic E-state index is 0.0103. The van der Waals surface area contributed by atoms with Crippen molar-refractivity contribution in [3.8, 4) is 6.07 Å². The van der Waals surface area contributed by atoms with Gasteiger partial charge in [0.05, 0.1) is 22.7 Å². The van der Waals surface area contributed by atoms with E-state index in [1.165, 1.54) is 0 Å². The fourth-order valence-corrected chi connectivity index (χ4v) is 3.55. The molecule has 3 rings (SSSR count). The van der Waals surface area contributed by atoms with Gasteiger partial charge in [-0.15, -0.1) is 0 Å². The number of carbonyl (C=O) groups is 1. The van der Waals surface area contributed by atoms with E-state index in [4.69, 9.17) is 22.6 Å². The van der Waals surface area contributed by atoms with Gasteiger partial charge in [-0.25, -0.2) is 0 Å². The van der Waals surface area contributed by atoms with Crippen molar-refractivity contribution in [1.29, 1.82) is 5.26 Å². The molecular weight excluding hydrogens is 312 g/mol. The molecule has 122 valence electrons. The van der Waals surface area contributed by atoms with Crippen LogP contribution in [0.5, 0.6) is 0 Å². The number of likely N-dealkylation sites (tertiary alicyclic amines) is 1. The van der Waals surface area contributed by atoms with Crippen LogP contribution in [0.3, 0.4) is 0 Å². The van der Waals surface area contributed by atoms with E-state index in [9.17, 15) is 4.79 Å². The van der Waals surface area contributed by atoms with Crippen LogP contribution in [0.2, 0.25) is 5.02 Å². The van der Waals surface area contributed by atoms with Gasteiger partial charge >= 0.3 is 0 Å². The van der Waals surface area contributed by atoms with Crippen LogP contribution in [0.25, 0.3) is 0 Å². The van der Waals surface area contributed by atoms with Gasteiger partial charge in [0, 0.05) is 37.8 Å². The third kappa shape index (κ3) is 3.37. The summed E-state index contributed by atoms with van der Waals surface area (Å²) in [5.41, 5.74) is 7.51. The van der Waals surface area contributed by atoms with E-state index in [1.54, 1.807) is 0 Å². The summed E-state index contributed by atoms with van der Waals surface area (Å²) >= 11 is 5.96. The fraction of sp³-hybridized carbons (Fsp3) is 0.529. The molecule has 0 saturated carbocycles. The van der Waals surface area contributed by atoms with Gasteiger partial charge in [-0.05, 0) is 37.5 Å². The lowest BCUT2D eigenvalue weighted by atomic mass is 9.95. The first-order chi connectivity index (χ1) is 11.1. The summed E-state index contributed by atoms with van der Waals surface area (Å²) in [6.45, 7) is 3.01. The first-order valence-corrected chi connectivity index (χ1v) is 8.44. The van der Waals surface area contributed by atoms with Gasteiger partial charge in [0.2, 0.25) is 5.91 Å². The molecule has 0 aromatic heterocycles. The maximum absolute atomic E-state index is 12.6. The molecule has 2 heterocycles. The summed E-state index contributed by atoms with van der Waals surface area (Å²) in [6, 6.07) is 7.94. The molecule has 1 aromatic rings. The predicted molar refractivity (Wildman–Crippen MR) is 91.1 cm³/mol. The van der Waals surface area contributed by atoms with Crippen LogP contribution in [-0.2, 0) is 4.79 Å².